The number of phenols is 3. The van der Waals surface area contributed by atoms with Crippen molar-refractivity contribution >= 4 is 28.1 Å². The summed E-state index contributed by atoms with van der Waals surface area (Å²) in [6.07, 6.45) is 0. The second-order valence-corrected chi connectivity index (χ2v) is 5.26. The van der Waals surface area contributed by atoms with Crippen molar-refractivity contribution in [3.8, 4) is 17.2 Å². The predicted molar refractivity (Wildman–Crippen MR) is 78.2 cm³/mol. The van der Waals surface area contributed by atoms with Crippen LogP contribution in [0.3, 0.4) is 0 Å². The molecule has 0 aliphatic heterocycles. The minimum absolute atomic E-state index is 0.0503. The fraction of sp³-hybridized carbons (Fsp3) is 0.125. The number of fused-ring (bicyclic) bond motifs is 2. The highest BCUT2D eigenvalue weighted by molar-refractivity contribution is 6.53. The Hall–Kier alpha value is -3.02. The van der Waals surface area contributed by atoms with Crippen molar-refractivity contribution < 1.29 is 30.0 Å². The number of aromatic hydroxyl groups is 3. The molecule has 0 radical (unpaired) electrons. The van der Waals surface area contributed by atoms with Crippen molar-refractivity contribution in [3.63, 3.8) is 0 Å². The first-order valence-electron chi connectivity index (χ1n) is 6.46. The van der Waals surface area contributed by atoms with E-state index in [4.69, 9.17) is 0 Å². The molecule has 2 aromatic carbocycles. The van der Waals surface area contributed by atoms with E-state index in [0.717, 1.165) is 0 Å². The lowest BCUT2D eigenvalue weighted by Gasteiger charge is -2.19. The summed E-state index contributed by atoms with van der Waals surface area (Å²) in [6.45, 7) is 2.81. The van der Waals surface area contributed by atoms with Crippen LogP contribution in [0.2, 0.25) is 0 Å². The third kappa shape index (κ3) is 1.54. The normalized spacial score (nSPS) is 14.6. The number of phenolic OH excluding ortho intramolecular Hbond substituents is 3. The van der Waals surface area contributed by atoms with E-state index in [1.165, 1.54) is 26.0 Å². The largest absolute Gasteiger partial charge is 0.507 e. The first-order chi connectivity index (χ1) is 10.3. The molecule has 0 atom stereocenters. The Bertz CT molecular complexity index is 920. The number of carbonyl (C=O) groups excluding carboxylic acids is 2. The minimum atomic E-state index is -0.968. The van der Waals surface area contributed by atoms with Gasteiger partial charge in [-0.05, 0) is 31.5 Å². The molecular weight excluding hydrogens is 288 g/mol. The smallest absolute Gasteiger partial charge is 0.237 e. The predicted octanol–water partition coefficient (Wildman–Crippen LogP) is 2.32. The minimum Gasteiger partial charge on any atom is -0.507 e. The maximum absolute atomic E-state index is 12.1. The second kappa shape index (κ2) is 4.24. The molecule has 0 amide bonds. The fourth-order valence-electron chi connectivity index (χ4n) is 2.67. The molecule has 1 aliphatic rings. The summed E-state index contributed by atoms with van der Waals surface area (Å²) in [5, 5.41) is 40.4. The van der Waals surface area contributed by atoms with Gasteiger partial charge >= 0.3 is 0 Å². The van der Waals surface area contributed by atoms with Gasteiger partial charge in [0, 0.05) is 16.5 Å². The molecule has 0 aromatic heterocycles. The van der Waals surface area contributed by atoms with Crippen molar-refractivity contribution in [2.75, 3.05) is 0 Å². The van der Waals surface area contributed by atoms with Gasteiger partial charge in [0.05, 0.1) is 10.9 Å². The number of hydrogen-bond donors (Lipinski definition) is 4. The van der Waals surface area contributed by atoms with Crippen LogP contribution in [0.5, 0.6) is 17.2 Å². The van der Waals surface area contributed by atoms with Crippen molar-refractivity contribution in [2.24, 2.45) is 0 Å². The summed E-state index contributed by atoms with van der Waals surface area (Å²) in [5.41, 5.74) is -0.260. The van der Waals surface area contributed by atoms with Crippen LogP contribution >= 0.6 is 0 Å². The third-order valence-electron chi connectivity index (χ3n) is 3.92. The molecule has 6 heteroatoms. The molecule has 4 N–H and O–H groups in total. The molecule has 6 nitrogen and oxygen atoms in total. The number of allylic oxidation sites excluding steroid dienone is 1. The molecule has 112 valence electrons. The van der Waals surface area contributed by atoms with Crippen LogP contribution in [0.1, 0.15) is 28.4 Å². The number of benzene rings is 2. The Morgan fingerprint density at radius 2 is 1.50 bits per heavy atom. The van der Waals surface area contributed by atoms with Gasteiger partial charge in [-0.1, -0.05) is 0 Å². The molecule has 0 spiro atoms. The van der Waals surface area contributed by atoms with Gasteiger partial charge in [0.2, 0.25) is 11.6 Å². The Labute approximate surface area is 124 Å². The van der Waals surface area contributed by atoms with Gasteiger partial charge < -0.3 is 20.4 Å². The number of ketones is 2. The fourth-order valence-corrected chi connectivity index (χ4v) is 2.67. The maximum atomic E-state index is 12.1. The van der Waals surface area contributed by atoms with Crippen LogP contribution in [0.25, 0.3) is 16.5 Å². The third-order valence-corrected chi connectivity index (χ3v) is 3.92. The number of rotatable bonds is 0. The van der Waals surface area contributed by atoms with Gasteiger partial charge in [-0.25, -0.2) is 0 Å². The van der Waals surface area contributed by atoms with Crippen LogP contribution in [0, 0.1) is 6.92 Å². The van der Waals surface area contributed by atoms with Crippen LogP contribution < -0.4 is 0 Å². The van der Waals surface area contributed by atoms with Gasteiger partial charge in [0.15, 0.2) is 0 Å². The van der Waals surface area contributed by atoms with Gasteiger partial charge in [-0.2, -0.15) is 0 Å². The summed E-state index contributed by atoms with van der Waals surface area (Å²) in [5.74, 6) is -3.49. The standard InChI is InChI=1S/C16H12O6/c1-5-3-9(17)7-4-8-11(15(21)10(7)12(5)18)16(22)14(20)6(2)13(8)19/h3-4,17-19,21H,1-2H3. The molecule has 0 saturated carbocycles. The number of Topliss-reactive ketones (excluding diaryl/α,β-unsaturated/α-hetero) is 2. The van der Waals surface area contributed by atoms with Crippen LogP contribution in [-0.2, 0) is 4.79 Å². The molecular formula is C16H12O6. The van der Waals surface area contributed by atoms with E-state index in [1.807, 2.05) is 0 Å². The molecule has 2 aromatic rings. The maximum Gasteiger partial charge on any atom is 0.237 e. The summed E-state index contributed by atoms with van der Waals surface area (Å²) in [7, 11) is 0. The zero-order valence-corrected chi connectivity index (χ0v) is 11.8. The number of aliphatic hydroxyl groups excluding tert-OH is 1. The van der Waals surface area contributed by atoms with Crippen molar-refractivity contribution in [2.45, 2.75) is 13.8 Å². The van der Waals surface area contributed by atoms with Gasteiger partial charge in [0.1, 0.15) is 23.0 Å². The lowest BCUT2D eigenvalue weighted by Crippen LogP contribution is -2.23. The quantitative estimate of drug-likeness (QED) is 0.438. The van der Waals surface area contributed by atoms with Gasteiger partial charge in [-0.3, -0.25) is 9.59 Å². The Morgan fingerprint density at radius 1 is 0.864 bits per heavy atom. The van der Waals surface area contributed by atoms with Crippen LogP contribution in [0.15, 0.2) is 17.7 Å². The zero-order chi connectivity index (χ0) is 16.3. The van der Waals surface area contributed by atoms with E-state index in [-0.39, 0.29) is 39.0 Å². The van der Waals surface area contributed by atoms with Gasteiger partial charge in [-0.15, -0.1) is 0 Å². The van der Waals surface area contributed by atoms with E-state index in [9.17, 15) is 30.0 Å². The number of aliphatic hydroxyl groups is 1. The first-order valence-corrected chi connectivity index (χ1v) is 6.46. The monoisotopic (exact) mass is 300 g/mol. The Kier molecular flexibility index (Phi) is 2.68. The zero-order valence-electron chi connectivity index (χ0n) is 11.8. The lowest BCUT2D eigenvalue weighted by atomic mass is 9.85. The second-order valence-electron chi connectivity index (χ2n) is 5.26. The molecule has 0 fully saturated rings. The number of hydrogen-bond acceptors (Lipinski definition) is 6. The number of aryl methyl sites for hydroxylation is 1. The molecule has 0 saturated heterocycles. The molecule has 3 rings (SSSR count). The molecule has 0 unspecified atom stereocenters. The highest BCUT2D eigenvalue weighted by Crippen LogP contribution is 2.46. The van der Waals surface area contributed by atoms with Crippen molar-refractivity contribution in [3.05, 3.63) is 34.4 Å². The van der Waals surface area contributed by atoms with E-state index < -0.39 is 23.1 Å². The van der Waals surface area contributed by atoms with Crippen LogP contribution in [0.4, 0.5) is 0 Å². The van der Waals surface area contributed by atoms with Crippen molar-refractivity contribution in [1.29, 1.82) is 0 Å². The van der Waals surface area contributed by atoms with Crippen LogP contribution in [-0.4, -0.2) is 32.0 Å². The summed E-state index contributed by atoms with van der Waals surface area (Å²) < 4.78 is 0. The molecule has 22 heavy (non-hydrogen) atoms. The highest BCUT2D eigenvalue weighted by Gasteiger charge is 2.35. The summed E-state index contributed by atoms with van der Waals surface area (Å²) in [6, 6.07) is 2.56. The topological polar surface area (TPSA) is 115 Å². The molecule has 0 heterocycles. The van der Waals surface area contributed by atoms with Gasteiger partial charge in [0.25, 0.3) is 0 Å². The Balaban J connectivity index is 2.58. The lowest BCUT2D eigenvalue weighted by molar-refractivity contribution is -0.111. The van der Waals surface area contributed by atoms with E-state index in [1.54, 1.807) is 0 Å². The average molecular weight is 300 g/mol. The summed E-state index contributed by atoms with van der Waals surface area (Å²) >= 11 is 0. The molecule has 1 aliphatic carbocycles. The summed E-state index contributed by atoms with van der Waals surface area (Å²) in [4.78, 5) is 23.9. The van der Waals surface area contributed by atoms with Crippen molar-refractivity contribution in [1.82, 2.24) is 0 Å². The van der Waals surface area contributed by atoms with E-state index in [2.05, 4.69) is 0 Å². The van der Waals surface area contributed by atoms with E-state index in [0.29, 0.717) is 5.56 Å². The Morgan fingerprint density at radius 3 is 2.14 bits per heavy atom. The molecule has 0 bridgehead atoms. The SMILES string of the molecule is CC1=C(O)c2cc3c(O)cc(C)c(O)c3c(O)c2C(=O)C1=O. The first kappa shape index (κ1) is 13.9. The van der Waals surface area contributed by atoms with E-state index >= 15 is 0 Å². The highest BCUT2D eigenvalue weighted by atomic mass is 16.3. The number of carbonyl (C=O) groups is 2. The average Bonchev–Trinajstić information content (AvgIpc) is 2.47.